The zero-order chi connectivity index (χ0) is 22.1. The number of hydrogen-bond donors (Lipinski definition) is 2. The van der Waals surface area contributed by atoms with Crippen molar-refractivity contribution in [2.45, 2.75) is 33.2 Å². The number of aromatic amines is 1. The summed E-state index contributed by atoms with van der Waals surface area (Å²) >= 11 is 0. The van der Waals surface area contributed by atoms with Gasteiger partial charge in [-0.05, 0) is 48.7 Å². The van der Waals surface area contributed by atoms with Gasteiger partial charge in [-0.1, -0.05) is 38.1 Å². The molecule has 0 saturated carbocycles. The van der Waals surface area contributed by atoms with Crippen LogP contribution >= 0.6 is 0 Å². The molecule has 0 saturated heterocycles. The lowest BCUT2D eigenvalue weighted by Gasteiger charge is -2.13. The summed E-state index contributed by atoms with van der Waals surface area (Å²) in [7, 11) is 0. The van der Waals surface area contributed by atoms with E-state index in [-0.39, 0.29) is 0 Å². The number of rotatable bonds is 6. The second-order valence-corrected chi connectivity index (χ2v) is 8.15. The van der Waals surface area contributed by atoms with Gasteiger partial charge >= 0.3 is 0 Å². The summed E-state index contributed by atoms with van der Waals surface area (Å²) in [5, 5.41) is 7.82. The summed E-state index contributed by atoms with van der Waals surface area (Å²) in [5.41, 5.74) is 7.71. The lowest BCUT2D eigenvalue weighted by Crippen LogP contribution is -2.04. The van der Waals surface area contributed by atoms with E-state index in [9.17, 15) is 0 Å². The highest BCUT2D eigenvalue weighted by Crippen LogP contribution is 2.30. The third-order valence-corrected chi connectivity index (χ3v) is 5.47. The first-order valence-electron chi connectivity index (χ1n) is 10.7. The van der Waals surface area contributed by atoms with Crippen LogP contribution < -0.4 is 5.32 Å². The van der Waals surface area contributed by atoms with E-state index in [0.717, 1.165) is 45.5 Å². The highest BCUT2D eigenvalue weighted by atomic mass is 15.3. The maximum Gasteiger partial charge on any atom is 0.155 e. The maximum absolute atomic E-state index is 4.95. The summed E-state index contributed by atoms with van der Waals surface area (Å²) in [6.45, 7) is 6.97. The van der Waals surface area contributed by atoms with Crippen molar-refractivity contribution in [3.05, 3.63) is 84.2 Å². The van der Waals surface area contributed by atoms with Gasteiger partial charge in [-0.2, -0.15) is 5.10 Å². The van der Waals surface area contributed by atoms with Crippen molar-refractivity contribution in [1.82, 2.24) is 29.5 Å². The van der Waals surface area contributed by atoms with Crippen LogP contribution in [0.3, 0.4) is 0 Å². The fourth-order valence-corrected chi connectivity index (χ4v) is 3.88. The average Bonchev–Trinajstić information content (AvgIpc) is 3.44. The number of H-pyrrole nitrogens is 1. The summed E-state index contributed by atoms with van der Waals surface area (Å²) in [6.07, 6.45) is 3.50. The minimum atomic E-state index is 0.437. The summed E-state index contributed by atoms with van der Waals surface area (Å²) < 4.78 is 1.76. The van der Waals surface area contributed by atoms with Gasteiger partial charge in [0.2, 0.25) is 0 Å². The molecule has 7 heteroatoms. The van der Waals surface area contributed by atoms with Gasteiger partial charge in [0.05, 0.1) is 23.6 Å². The number of pyridine rings is 2. The normalized spacial score (nSPS) is 11.4. The number of aryl methyl sites for hydroxylation is 1. The molecule has 160 valence electrons. The molecule has 0 fully saturated rings. The van der Waals surface area contributed by atoms with Crippen LogP contribution in [-0.2, 0) is 6.54 Å². The van der Waals surface area contributed by atoms with Crippen LogP contribution in [0.2, 0.25) is 0 Å². The van der Waals surface area contributed by atoms with E-state index >= 15 is 0 Å². The van der Waals surface area contributed by atoms with Crippen molar-refractivity contribution in [2.24, 2.45) is 0 Å². The Hall–Kier alpha value is -4.00. The Bertz CT molecular complexity index is 1380. The molecule has 4 aromatic heterocycles. The van der Waals surface area contributed by atoms with E-state index in [1.54, 1.807) is 10.8 Å². The first kappa shape index (κ1) is 19.9. The Morgan fingerprint density at radius 3 is 2.72 bits per heavy atom. The number of benzene rings is 1. The monoisotopic (exact) mass is 423 g/mol. The lowest BCUT2D eigenvalue weighted by molar-refractivity contribution is 0.863. The van der Waals surface area contributed by atoms with Crippen LogP contribution in [-0.4, -0.2) is 29.5 Å². The number of nitrogens with one attached hydrogen (secondary N) is 2. The third-order valence-electron chi connectivity index (χ3n) is 5.47. The Morgan fingerprint density at radius 1 is 1.00 bits per heavy atom. The van der Waals surface area contributed by atoms with E-state index in [2.05, 4.69) is 58.5 Å². The molecular weight excluding hydrogens is 398 g/mol. The summed E-state index contributed by atoms with van der Waals surface area (Å²) in [6, 6.07) is 18.4. The number of fused-ring (bicyclic) bond motifs is 1. The van der Waals surface area contributed by atoms with Crippen molar-refractivity contribution in [2.75, 3.05) is 5.32 Å². The quantitative estimate of drug-likeness (QED) is 0.391. The number of imidazole rings is 1. The van der Waals surface area contributed by atoms with E-state index < -0.39 is 0 Å². The van der Waals surface area contributed by atoms with E-state index in [1.807, 2.05) is 43.5 Å². The van der Waals surface area contributed by atoms with Crippen molar-refractivity contribution < 1.29 is 0 Å². The SMILES string of the molecule is Cc1cccc(-c2[nH]c(CNc3ccccc3C(C)C)nc2-c2ccc3ncnn3c2)n1. The summed E-state index contributed by atoms with van der Waals surface area (Å²) in [5.74, 6) is 1.28. The standard InChI is InChI=1S/C25H25N7/c1-16(2)19-8-4-5-9-20(19)26-13-22-30-24(18-11-12-23-27-15-28-32(23)14-18)25(31-22)21-10-6-7-17(3)29-21/h4-12,14-16,26H,13H2,1-3H3,(H,30,31). The number of para-hydroxylation sites is 1. The van der Waals surface area contributed by atoms with Gasteiger partial charge in [-0.3, -0.25) is 4.98 Å². The van der Waals surface area contributed by atoms with Gasteiger partial charge in [0.1, 0.15) is 12.2 Å². The number of nitrogens with zero attached hydrogens (tertiary/aromatic N) is 5. The van der Waals surface area contributed by atoms with Gasteiger partial charge in [0.15, 0.2) is 5.65 Å². The van der Waals surface area contributed by atoms with E-state index in [4.69, 9.17) is 9.97 Å². The highest BCUT2D eigenvalue weighted by molar-refractivity contribution is 5.77. The first-order valence-corrected chi connectivity index (χ1v) is 10.7. The fraction of sp³-hybridized carbons (Fsp3) is 0.200. The van der Waals surface area contributed by atoms with Gasteiger partial charge in [-0.25, -0.2) is 14.5 Å². The van der Waals surface area contributed by atoms with Crippen LogP contribution in [0.4, 0.5) is 5.69 Å². The van der Waals surface area contributed by atoms with Crippen LogP contribution in [0.25, 0.3) is 28.3 Å². The minimum Gasteiger partial charge on any atom is -0.378 e. The van der Waals surface area contributed by atoms with Crippen molar-refractivity contribution in [3.63, 3.8) is 0 Å². The minimum absolute atomic E-state index is 0.437. The number of aromatic nitrogens is 6. The molecule has 4 heterocycles. The van der Waals surface area contributed by atoms with Crippen LogP contribution in [0.5, 0.6) is 0 Å². The highest BCUT2D eigenvalue weighted by Gasteiger charge is 2.17. The molecular formula is C25H25N7. The van der Waals surface area contributed by atoms with Gasteiger partial charge in [0, 0.05) is 23.1 Å². The molecule has 0 unspecified atom stereocenters. The molecule has 5 aromatic rings. The lowest BCUT2D eigenvalue weighted by atomic mass is 10.0. The van der Waals surface area contributed by atoms with Gasteiger partial charge in [0.25, 0.3) is 0 Å². The average molecular weight is 424 g/mol. The second kappa shape index (κ2) is 8.26. The van der Waals surface area contributed by atoms with Crippen LogP contribution in [0.15, 0.2) is 67.1 Å². The molecule has 0 aliphatic carbocycles. The predicted molar refractivity (Wildman–Crippen MR) is 126 cm³/mol. The third kappa shape index (κ3) is 3.85. The summed E-state index contributed by atoms with van der Waals surface area (Å²) in [4.78, 5) is 17.4. The zero-order valence-electron chi connectivity index (χ0n) is 18.4. The Labute approximate surface area is 186 Å². The molecule has 1 aromatic carbocycles. The maximum atomic E-state index is 4.95. The van der Waals surface area contributed by atoms with E-state index in [1.165, 1.54) is 5.56 Å². The molecule has 0 atom stereocenters. The topological polar surface area (TPSA) is 83.8 Å². The molecule has 32 heavy (non-hydrogen) atoms. The Morgan fingerprint density at radius 2 is 1.88 bits per heavy atom. The van der Waals surface area contributed by atoms with Gasteiger partial charge < -0.3 is 10.3 Å². The Kier molecular flexibility index (Phi) is 5.15. The molecule has 5 rings (SSSR count). The molecule has 0 aliphatic rings. The number of anilines is 1. The predicted octanol–water partition coefficient (Wildman–Crippen LogP) is 5.23. The molecule has 0 amide bonds. The molecule has 7 nitrogen and oxygen atoms in total. The molecule has 0 bridgehead atoms. The van der Waals surface area contributed by atoms with Crippen molar-refractivity contribution in [1.29, 1.82) is 0 Å². The zero-order valence-corrected chi connectivity index (χ0v) is 18.4. The van der Waals surface area contributed by atoms with E-state index in [0.29, 0.717) is 12.5 Å². The molecule has 2 N–H and O–H groups in total. The molecule has 0 spiro atoms. The Balaban J connectivity index is 1.54. The van der Waals surface area contributed by atoms with Crippen molar-refractivity contribution in [3.8, 4) is 22.6 Å². The molecule has 0 radical (unpaired) electrons. The number of hydrogen-bond acceptors (Lipinski definition) is 5. The van der Waals surface area contributed by atoms with Crippen LogP contribution in [0.1, 0.15) is 36.8 Å². The van der Waals surface area contributed by atoms with Crippen LogP contribution in [0, 0.1) is 6.92 Å². The first-order chi connectivity index (χ1) is 15.6. The largest absolute Gasteiger partial charge is 0.378 e. The van der Waals surface area contributed by atoms with Gasteiger partial charge in [-0.15, -0.1) is 0 Å². The molecule has 0 aliphatic heterocycles. The smallest absolute Gasteiger partial charge is 0.155 e. The fourth-order valence-electron chi connectivity index (χ4n) is 3.88. The van der Waals surface area contributed by atoms with Crippen molar-refractivity contribution >= 4 is 11.3 Å². The second-order valence-electron chi connectivity index (χ2n) is 8.15.